The first kappa shape index (κ1) is 28.3. The van der Waals surface area contributed by atoms with Gasteiger partial charge in [-0.1, -0.05) is 152 Å². The molecule has 48 heavy (non-hydrogen) atoms. The van der Waals surface area contributed by atoms with Crippen LogP contribution in [0.25, 0.3) is 22.3 Å². The number of fused-ring (bicyclic) bond motifs is 4. The first-order valence-corrected chi connectivity index (χ1v) is 16.5. The number of rotatable bonds is 6. The summed E-state index contributed by atoms with van der Waals surface area (Å²) in [6.07, 6.45) is 0. The van der Waals surface area contributed by atoms with Crippen LogP contribution in [0.3, 0.4) is 0 Å². The van der Waals surface area contributed by atoms with Gasteiger partial charge in [0.05, 0.1) is 30.7 Å². The quantitative estimate of drug-likeness (QED) is 0.186. The van der Waals surface area contributed by atoms with Crippen LogP contribution >= 0.6 is 0 Å². The van der Waals surface area contributed by atoms with E-state index in [1.807, 2.05) is 23.1 Å². The third-order valence-corrected chi connectivity index (χ3v) is 10.3. The molecular weight excluding hydrogens is 587 g/mol. The average molecular weight is 620 g/mol. The standard InChI is InChI=1S/C45H33NO2/c1-48-34-26-27-37-38(28-34)46(29-30-16-6-2-7-17-30)44(47)43-36-25-15-14-24-35(36)42-40(32-20-10-4-11-21-32)39(31-18-8-3-9-19-31)41(45(37,42)43)33-22-12-5-13-23-33/h2-28,43H,29H2,1H3. The lowest BCUT2D eigenvalue weighted by Crippen LogP contribution is -2.48. The molecule has 6 aromatic rings. The molecule has 0 aromatic heterocycles. The Bertz CT molecular complexity index is 2220. The molecule has 1 heterocycles. The van der Waals surface area contributed by atoms with Crippen molar-refractivity contribution in [3.63, 3.8) is 0 Å². The second kappa shape index (κ2) is 11.1. The van der Waals surface area contributed by atoms with E-state index < -0.39 is 11.3 Å². The van der Waals surface area contributed by atoms with Crippen molar-refractivity contribution in [1.82, 2.24) is 0 Å². The molecule has 2 unspecified atom stereocenters. The topological polar surface area (TPSA) is 29.5 Å². The minimum absolute atomic E-state index is 0.0946. The van der Waals surface area contributed by atoms with Crippen LogP contribution in [-0.4, -0.2) is 13.0 Å². The highest BCUT2D eigenvalue weighted by Crippen LogP contribution is 2.73. The van der Waals surface area contributed by atoms with E-state index in [0.717, 1.165) is 50.4 Å². The van der Waals surface area contributed by atoms with E-state index in [1.54, 1.807) is 7.11 Å². The Morgan fingerprint density at radius 3 is 1.77 bits per heavy atom. The van der Waals surface area contributed by atoms with Crippen molar-refractivity contribution in [2.24, 2.45) is 0 Å². The van der Waals surface area contributed by atoms with Crippen molar-refractivity contribution >= 4 is 33.9 Å². The molecule has 9 rings (SSSR count). The summed E-state index contributed by atoms with van der Waals surface area (Å²) in [5.41, 5.74) is 12.6. The molecule has 3 heteroatoms. The van der Waals surface area contributed by atoms with Gasteiger partial charge in [-0.2, -0.15) is 0 Å². The van der Waals surface area contributed by atoms with Crippen molar-refractivity contribution in [2.75, 3.05) is 12.0 Å². The van der Waals surface area contributed by atoms with Gasteiger partial charge < -0.3 is 9.64 Å². The fourth-order valence-electron chi connectivity index (χ4n) is 8.52. The second-order valence-electron chi connectivity index (χ2n) is 12.7. The van der Waals surface area contributed by atoms with E-state index in [-0.39, 0.29) is 5.91 Å². The molecule has 1 aliphatic heterocycles. The maximum Gasteiger partial charge on any atom is 0.236 e. The van der Waals surface area contributed by atoms with Gasteiger partial charge in [0.25, 0.3) is 0 Å². The molecule has 0 saturated heterocycles. The lowest BCUT2D eigenvalue weighted by atomic mass is 9.60. The highest BCUT2D eigenvalue weighted by Gasteiger charge is 2.64. The number of carbonyl (C=O) groups excluding carboxylic acids is 1. The monoisotopic (exact) mass is 619 g/mol. The van der Waals surface area contributed by atoms with Gasteiger partial charge >= 0.3 is 0 Å². The number of anilines is 1. The van der Waals surface area contributed by atoms with Crippen LogP contribution in [0.1, 0.15) is 44.9 Å². The van der Waals surface area contributed by atoms with Crippen LogP contribution in [0.15, 0.2) is 164 Å². The zero-order valence-electron chi connectivity index (χ0n) is 26.6. The molecule has 0 radical (unpaired) electrons. The molecule has 0 bridgehead atoms. The molecule has 2 aliphatic carbocycles. The Kier molecular flexibility index (Phi) is 6.55. The maximum atomic E-state index is 15.6. The number of hydrogen-bond donors (Lipinski definition) is 0. The van der Waals surface area contributed by atoms with Gasteiger partial charge in [-0.15, -0.1) is 0 Å². The summed E-state index contributed by atoms with van der Waals surface area (Å²) in [4.78, 5) is 17.6. The fraction of sp³-hybridized carbons (Fsp3) is 0.0889. The van der Waals surface area contributed by atoms with Crippen molar-refractivity contribution < 1.29 is 9.53 Å². The summed E-state index contributed by atoms with van der Waals surface area (Å²) < 4.78 is 5.83. The van der Waals surface area contributed by atoms with Crippen LogP contribution in [0.4, 0.5) is 5.69 Å². The van der Waals surface area contributed by atoms with Gasteiger partial charge in [0.2, 0.25) is 5.91 Å². The molecule has 1 spiro atoms. The first-order valence-electron chi connectivity index (χ1n) is 16.5. The predicted octanol–water partition coefficient (Wildman–Crippen LogP) is 9.81. The van der Waals surface area contributed by atoms with E-state index in [1.165, 1.54) is 22.3 Å². The first-order chi connectivity index (χ1) is 23.7. The number of allylic oxidation sites excluding steroid dienone is 4. The Labute approximate surface area is 281 Å². The molecule has 0 saturated carbocycles. The summed E-state index contributed by atoms with van der Waals surface area (Å²) in [5.74, 6) is 0.353. The number of hydrogen-bond acceptors (Lipinski definition) is 2. The summed E-state index contributed by atoms with van der Waals surface area (Å²) in [6, 6.07) is 57.4. The van der Waals surface area contributed by atoms with Crippen LogP contribution in [0.5, 0.6) is 5.75 Å². The molecule has 3 aliphatic rings. The summed E-state index contributed by atoms with van der Waals surface area (Å²) in [6.45, 7) is 0.467. The molecular formula is C45H33NO2. The molecule has 0 N–H and O–H groups in total. The summed E-state index contributed by atoms with van der Waals surface area (Å²) in [7, 11) is 1.69. The third-order valence-electron chi connectivity index (χ3n) is 10.3. The zero-order valence-corrected chi connectivity index (χ0v) is 26.6. The van der Waals surface area contributed by atoms with Crippen molar-refractivity contribution in [2.45, 2.75) is 17.9 Å². The Morgan fingerprint density at radius 1 is 0.604 bits per heavy atom. The van der Waals surface area contributed by atoms with Crippen LogP contribution in [-0.2, 0) is 16.8 Å². The van der Waals surface area contributed by atoms with Gasteiger partial charge in [0, 0.05) is 6.07 Å². The van der Waals surface area contributed by atoms with E-state index in [9.17, 15) is 0 Å². The van der Waals surface area contributed by atoms with E-state index in [2.05, 4.69) is 146 Å². The van der Waals surface area contributed by atoms with Crippen molar-refractivity contribution in [3.05, 3.63) is 203 Å². The predicted molar refractivity (Wildman–Crippen MR) is 194 cm³/mol. The van der Waals surface area contributed by atoms with Crippen molar-refractivity contribution in [3.8, 4) is 5.75 Å². The summed E-state index contributed by atoms with van der Waals surface area (Å²) in [5, 5.41) is 0. The van der Waals surface area contributed by atoms with E-state index >= 15 is 4.79 Å². The highest BCUT2D eigenvalue weighted by atomic mass is 16.5. The minimum atomic E-state index is -0.784. The SMILES string of the molecule is COc1ccc2c(c1)N(Cc1ccccc1)C(=O)C1c3ccccc3C3=C(c4ccccc4)C(c4ccccc4)=C(c4ccccc4)C321. The lowest BCUT2D eigenvalue weighted by Gasteiger charge is -2.46. The number of amides is 1. The molecule has 0 fully saturated rings. The highest BCUT2D eigenvalue weighted by molar-refractivity contribution is 6.35. The van der Waals surface area contributed by atoms with E-state index in [0.29, 0.717) is 6.54 Å². The normalized spacial score (nSPS) is 19.1. The number of benzene rings is 6. The minimum Gasteiger partial charge on any atom is -0.497 e. The smallest absolute Gasteiger partial charge is 0.236 e. The van der Waals surface area contributed by atoms with Gasteiger partial charge in [-0.25, -0.2) is 0 Å². The van der Waals surface area contributed by atoms with Crippen molar-refractivity contribution in [1.29, 1.82) is 0 Å². The lowest BCUT2D eigenvalue weighted by molar-refractivity contribution is -0.121. The van der Waals surface area contributed by atoms with Gasteiger partial charge in [0.1, 0.15) is 5.75 Å². The molecule has 1 amide bonds. The number of ether oxygens (including phenoxy) is 1. The van der Waals surface area contributed by atoms with Crippen LogP contribution in [0.2, 0.25) is 0 Å². The molecule has 230 valence electrons. The fourth-order valence-corrected chi connectivity index (χ4v) is 8.52. The van der Waals surface area contributed by atoms with Crippen LogP contribution < -0.4 is 9.64 Å². The van der Waals surface area contributed by atoms with Gasteiger partial charge in [-0.05, 0) is 67.3 Å². The number of methoxy groups -OCH3 is 1. The summed E-state index contributed by atoms with van der Waals surface area (Å²) >= 11 is 0. The average Bonchev–Trinajstić information content (AvgIpc) is 3.63. The molecule has 2 atom stereocenters. The van der Waals surface area contributed by atoms with Gasteiger partial charge in [-0.3, -0.25) is 4.79 Å². The third kappa shape index (κ3) is 3.97. The Hall–Kier alpha value is -5.93. The largest absolute Gasteiger partial charge is 0.497 e. The zero-order chi connectivity index (χ0) is 32.2. The Balaban J connectivity index is 1.48. The Morgan fingerprint density at radius 2 is 1.15 bits per heavy atom. The maximum absolute atomic E-state index is 15.6. The second-order valence-corrected chi connectivity index (χ2v) is 12.7. The van der Waals surface area contributed by atoms with Gasteiger partial charge in [0.15, 0.2) is 0 Å². The van der Waals surface area contributed by atoms with Crippen LogP contribution in [0, 0.1) is 0 Å². The van der Waals surface area contributed by atoms with E-state index in [4.69, 9.17) is 4.74 Å². The molecule has 6 aromatic carbocycles. The number of nitrogens with zero attached hydrogens (tertiary/aromatic N) is 1. The number of carbonyl (C=O) groups is 1. The molecule has 3 nitrogen and oxygen atoms in total.